The van der Waals surface area contributed by atoms with E-state index in [1.807, 2.05) is 42.3 Å². The van der Waals surface area contributed by atoms with Gasteiger partial charge in [0.15, 0.2) is 0 Å². The molecule has 1 fully saturated rings. The molecular formula is C18H27NO2S. The van der Waals surface area contributed by atoms with E-state index in [1.165, 1.54) is 18.2 Å². The molecular weight excluding hydrogens is 294 g/mol. The smallest absolute Gasteiger partial charge is 0.338 e. The van der Waals surface area contributed by atoms with Gasteiger partial charge in [-0.3, -0.25) is 0 Å². The first-order valence-electron chi connectivity index (χ1n) is 7.96. The zero-order chi connectivity index (χ0) is 16.4. The quantitative estimate of drug-likeness (QED) is 0.754. The molecule has 1 aromatic rings. The molecule has 22 heavy (non-hydrogen) atoms. The standard InChI is InChI=1S/C18H27NO2S/c1-14(22-15-10-7-6-8-11-15)16(20)21-19-17(2,3)12-9-13-18(19,4)5/h6-8,10-11,14H,9,12-13H2,1-5H3. The lowest BCUT2D eigenvalue weighted by Gasteiger charge is -2.50. The normalized spacial score (nSPS) is 22.0. The van der Waals surface area contributed by atoms with Crippen molar-refractivity contribution in [3.63, 3.8) is 0 Å². The molecule has 1 atom stereocenters. The average Bonchev–Trinajstić information content (AvgIpc) is 2.43. The van der Waals surface area contributed by atoms with Crippen molar-refractivity contribution >= 4 is 17.7 Å². The van der Waals surface area contributed by atoms with Gasteiger partial charge in [0.2, 0.25) is 0 Å². The zero-order valence-corrected chi connectivity index (χ0v) is 15.1. The Bertz CT molecular complexity index is 497. The van der Waals surface area contributed by atoms with Crippen LogP contribution in [0.15, 0.2) is 35.2 Å². The van der Waals surface area contributed by atoms with E-state index in [2.05, 4.69) is 27.7 Å². The summed E-state index contributed by atoms with van der Waals surface area (Å²) in [6, 6.07) is 9.98. The van der Waals surface area contributed by atoms with Gasteiger partial charge >= 0.3 is 5.97 Å². The molecule has 0 bridgehead atoms. The number of carbonyl (C=O) groups excluding carboxylic acids is 1. The van der Waals surface area contributed by atoms with Gasteiger partial charge in [0.1, 0.15) is 5.25 Å². The van der Waals surface area contributed by atoms with Crippen molar-refractivity contribution in [2.24, 2.45) is 0 Å². The number of hydrogen-bond acceptors (Lipinski definition) is 4. The molecule has 1 saturated heterocycles. The highest BCUT2D eigenvalue weighted by Crippen LogP contribution is 2.39. The first kappa shape index (κ1) is 17.4. The van der Waals surface area contributed by atoms with Gasteiger partial charge in [0, 0.05) is 4.90 Å². The van der Waals surface area contributed by atoms with Crippen LogP contribution in [0.25, 0.3) is 0 Å². The summed E-state index contributed by atoms with van der Waals surface area (Å²) >= 11 is 1.54. The van der Waals surface area contributed by atoms with Crippen LogP contribution in [0.1, 0.15) is 53.9 Å². The van der Waals surface area contributed by atoms with Gasteiger partial charge < -0.3 is 4.84 Å². The minimum atomic E-state index is -0.226. The summed E-state index contributed by atoms with van der Waals surface area (Å²) in [5.74, 6) is -0.170. The average molecular weight is 321 g/mol. The lowest BCUT2D eigenvalue weighted by atomic mass is 9.82. The van der Waals surface area contributed by atoms with Gasteiger partial charge in [-0.25, -0.2) is 4.79 Å². The van der Waals surface area contributed by atoms with Gasteiger partial charge in [-0.15, -0.1) is 16.8 Å². The second kappa shape index (κ2) is 6.63. The predicted octanol–water partition coefficient (Wildman–Crippen LogP) is 4.67. The molecule has 3 nitrogen and oxygen atoms in total. The highest BCUT2D eigenvalue weighted by molar-refractivity contribution is 8.00. The van der Waals surface area contributed by atoms with Crippen LogP contribution in [0.2, 0.25) is 0 Å². The van der Waals surface area contributed by atoms with E-state index in [0.717, 1.165) is 17.7 Å². The number of nitrogens with zero attached hydrogens (tertiary/aromatic N) is 1. The molecule has 1 aliphatic heterocycles. The first-order chi connectivity index (χ1) is 10.2. The second-order valence-electron chi connectivity index (χ2n) is 7.26. The number of benzene rings is 1. The van der Waals surface area contributed by atoms with Crippen LogP contribution in [0, 0.1) is 0 Å². The van der Waals surface area contributed by atoms with E-state index < -0.39 is 0 Å². The molecule has 0 spiro atoms. The number of thioether (sulfide) groups is 1. The Labute approximate surface area is 138 Å². The summed E-state index contributed by atoms with van der Waals surface area (Å²) < 4.78 is 0. The molecule has 0 amide bonds. The second-order valence-corrected chi connectivity index (χ2v) is 8.67. The fourth-order valence-corrected chi connectivity index (χ4v) is 4.00. The van der Waals surface area contributed by atoms with Crippen molar-refractivity contribution in [1.29, 1.82) is 0 Å². The highest BCUT2D eigenvalue weighted by atomic mass is 32.2. The van der Waals surface area contributed by atoms with Gasteiger partial charge in [0.05, 0.1) is 11.1 Å². The maximum Gasteiger partial charge on any atom is 0.338 e. The van der Waals surface area contributed by atoms with Crippen molar-refractivity contribution in [3.05, 3.63) is 30.3 Å². The molecule has 122 valence electrons. The number of rotatable bonds is 4. The fraction of sp³-hybridized carbons (Fsp3) is 0.611. The van der Waals surface area contributed by atoms with Gasteiger partial charge in [-0.1, -0.05) is 18.2 Å². The van der Waals surface area contributed by atoms with E-state index in [0.29, 0.717) is 0 Å². The molecule has 0 aromatic heterocycles. The molecule has 0 aliphatic carbocycles. The molecule has 2 rings (SSSR count). The Morgan fingerprint density at radius 2 is 1.68 bits per heavy atom. The van der Waals surface area contributed by atoms with E-state index in [4.69, 9.17) is 4.84 Å². The minimum absolute atomic E-state index is 0.117. The Balaban J connectivity index is 2.03. The van der Waals surface area contributed by atoms with Crippen LogP contribution in [0.4, 0.5) is 0 Å². The third-order valence-corrected chi connectivity index (χ3v) is 5.34. The first-order valence-corrected chi connectivity index (χ1v) is 8.84. The lowest BCUT2D eigenvalue weighted by molar-refractivity contribution is -0.265. The van der Waals surface area contributed by atoms with Crippen LogP contribution < -0.4 is 0 Å². The van der Waals surface area contributed by atoms with E-state index in [1.54, 1.807) is 0 Å². The number of piperidine rings is 1. The van der Waals surface area contributed by atoms with Crippen LogP contribution in [0.5, 0.6) is 0 Å². The Kier molecular flexibility index (Phi) is 5.23. The van der Waals surface area contributed by atoms with Crippen molar-refractivity contribution in [2.75, 3.05) is 0 Å². The molecule has 1 aliphatic rings. The maximum atomic E-state index is 12.5. The molecule has 1 heterocycles. The number of carbonyl (C=O) groups is 1. The van der Waals surface area contributed by atoms with Crippen molar-refractivity contribution in [3.8, 4) is 0 Å². The summed E-state index contributed by atoms with van der Waals surface area (Å²) in [4.78, 5) is 19.4. The van der Waals surface area contributed by atoms with Crippen LogP contribution in [-0.2, 0) is 9.63 Å². The molecule has 0 radical (unpaired) electrons. The summed E-state index contributed by atoms with van der Waals surface area (Å²) in [6.45, 7) is 10.5. The Morgan fingerprint density at radius 1 is 1.14 bits per heavy atom. The maximum absolute atomic E-state index is 12.5. The van der Waals surface area contributed by atoms with Crippen molar-refractivity contribution in [1.82, 2.24) is 5.06 Å². The fourth-order valence-electron chi connectivity index (χ4n) is 3.14. The highest BCUT2D eigenvalue weighted by Gasteiger charge is 2.44. The van der Waals surface area contributed by atoms with Gasteiger partial charge in [-0.2, -0.15) is 0 Å². The van der Waals surface area contributed by atoms with Gasteiger partial charge in [-0.05, 0) is 66.0 Å². The largest absolute Gasteiger partial charge is 0.366 e. The van der Waals surface area contributed by atoms with E-state index in [9.17, 15) is 4.79 Å². The number of hydrogen-bond donors (Lipinski definition) is 0. The van der Waals surface area contributed by atoms with E-state index in [-0.39, 0.29) is 22.3 Å². The molecule has 1 unspecified atom stereocenters. The summed E-state index contributed by atoms with van der Waals surface area (Å²) in [5.41, 5.74) is -0.233. The van der Waals surface area contributed by atoms with Crippen molar-refractivity contribution < 1.29 is 9.63 Å². The van der Waals surface area contributed by atoms with Crippen molar-refractivity contribution in [2.45, 2.75) is 75.1 Å². The zero-order valence-electron chi connectivity index (χ0n) is 14.3. The molecule has 0 saturated carbocycles. The summed E-state index contributed by atoms with van der Waals surface area (Å²) in [7, 11) is 0. The summed E-state index contributed by atoms with van der Waals surface area (Å²) in [6.07, 6.45) is 3.26. The monoisotopic (exact) mass is 321 g/mol. The SMILES string of the molecule is CC(Sc1ccccc1)C(=O)ON1C(C)(C)CCCC1(C)C. The minimum Gasteiger partial charge on any atom is -0.366 e. The molecule has 0 N–H and O–H groups in total. The van der Waals surface area contributed by atoms with Crippen LogP contribution >= 0.6 is 11.8 Å². The van der Waals surface area contributed by atoms with Crippen LogP contribution in [0.3, 0.4) is 0 Å². The summed E-state index contributed by atoms with van der Waals surface area (Å²) in [5, 5.41) is 1.70. The third-order valence-electron chi connectivity index (χ3n) is 4.25. The molecule has 1 aromatic carbocycles. The molecule has 4 heteroatoms. The van der Waals surface area contributed by atoms with E-state index >= 15 is 0 Å². The van der Waals surface area contributed by atoms with Gasteiger partial charge in [0.25, 0.3) is 0 Å². The third kappa shape index (κ3) is 4.05. The topological polar surface area (TPSA) is 29.5 Å². The lowest BCUT2D eigenvalue weighted by Crippen LogP contribution is -2.59. The van der Waals surface area contributed by atoms with Crippen LogP contribution in [-0.4, -0.2) is 27.4 Å². The predicted molar refractivity (Wildman–Crippen MR) is 91.7 cm³/mol. The Hall–Kier alpha value is -1.00. The Morgan fingerprint density at radius 3 is 2.23 bits per heavy atom. The number of hydroxylamine groups is 2.